The summed E-state index contributed by atoms with van der Waals surface area (Å²) in [6.45, 7) is 5.94. The van der Waals surface area contributed by atoms with Gasteiger partial charge in [0.25, 0.3) is 5.91 Å². The fraction of sp³-hybridized carbons (Fsp3) is 0.333. The molecule has 2 aromatic rings. The van der Waals surface area contributed by atoms with E-state index >= 15 is 0 Å². The van der Waals surface area contributed by atoms with Crippen molar-refractivity contribution in [3.8, 4) is 5.75 Å². The number of nitrogens with one attached hydrogen (secondary N) is 3. The zero-order valence-electron chi connectivity index (χ0n) is 17.9. The summed E-state index contributed by atoms with van der Waals surface area (Å²) in [5.41, 5.74) is 2.82. The third-order valence-electron chi connectivity index (χ3n) is 4.88. The first-order valence-electron chi connectivity index (χ1n) is 10.5. The number of rotatable bonds is 9. The van der Waals surface area contributed by atoms with Crippen LogP contribution in [0.4, 0.5) is 5.69 Å². The van der Waals surface area contributed by atoms with Crippen molar-refractivity contribution in [2.75, 3.05) is 25.6 Å². The average Bonchev–Trinajstić information content (AvgIpc) is 3.34. The molecular weight excluding hydrogens is 392 g/mol. The van der Waals surface area contributed by atoms with Gasteiger partial charge in [-0.3, -0.25) is 9.79 Å². The summed E-state index contributed by atoms with van der Waals surface area (Å²) in [7, 11) is 1.73. The molecule has 1 unspecified atom stereocenters. The molecule has 0 aliphatic carbocycles. The van der Waals surface area contributed by atoms with Gasteiger partial charge in [-0.25, -0.2) is 0 Å². The highest BCUT2D eigenvalue weighted by Gasteiger charge is 2.23. The largest absolute Gasteiger partial charge is 0.489 e. The number of hydrogen-bond donors (Lipinski definition) is 3. The molecule has 1 heterocycles. The molecule has 0 spiro atoms. The molecule has 1 fully saturated rings. The van der Waals surface area contributed by atoms with E-state index in [1.165, 1.54) is 0 Å². The van der Waals surface area contributed by atoms with Crippen molar-refractivity contribution in [2.24, 2.45) is 4.99 Å². The van der Waals surface area contributed by atoms with Crippen molar-refractivity contribution in [3.63, 3.8) is 0 Å². The number of amides is 1. The standard InChI is InChI=1S/C24H30N4O3/c1-3-13-30-21-11-5-4-9-19(21)17-27-24(25-2)26-16-18-8-6-10-20(15-18)28-23(29)22-12-7-14-31-22/h3-6,8-11,15,22H,1,7,12-14,16-17H2,2H3,(H,28,29)(H2,25,26,27). The van der Waals surface area contributed by atoms with Gasteiger partial charge in [-0.15, -0.1) is 0 Å². The molecule has 31 heavy (non-hydrogen) atoms. The first-order chi connectivity index (χ1) is 15.2. The highest BCUT2D eigenvalue weighted by molar-refractivity contribution is 5.94. The Morgan fingerprint density at radius 1 is 1.23 bits per heavy atom. The van der Waals surface area contributed by atoms with Crippen molar-refractivity contribution in [2.45, 2.75) is 32.0 Å². The molecule has 0 aromatic heterocycles. The lowest BCUT2D eigenvalue weighted by Gasteiger charge is -2.15. The number of aliphatic imine (C=N–C) groups is 1. The van der Waals surface area contributed by atoms with Crippen LogP contribution in [0.5, 0.6) is 5.75 Å². The van der Waals surface area contributed by atoms with Crippen LogP contribution < -0.4 is 20.7 Å². The minimum absolute atomic E-state index is 0.0857. The number of hydrogen-bond acceptors (Lipinski definition) is 4. The average molecular weight is 423 g/mol. The lowest BCUT2D eigenvalue weighted by molar-refractivity contribution is -0.124. The zero-order valence-corrected chi connectivity index (χ0v) is 17.9. The Morgan fingerprint density at radius 3 is 2.84 bits per heavy atom. The maximum Gasteiger partial charge on any atom is 0.253 e. The van der Waals surface area contributed by atoms with E-state index in [0.717, 1.165) is 35.4 Å². The summed E-state index contributed by atoms with van der Waals surface area (Å²) in [6.07, 6.45) is 3.08. The Labute approximate surface area is 183 Å². The summed E-state index contributed by atoms with van der Waals surface area (Å²) in [5, 5.41) is 9.54. The number of para-hydroxylation sites is 1. The van der Waals surface area contributed by atoms with Gasteiger partial charge in [0.1, 0.15) is 18.5 Å². The van der Waals surface area contributed by atoms with Crippen molar-refractivity contribution >= 4 is 17.6 Å². The van der Waals surface area contributed by atoms with Crippen molar-refractivity contribution in [1.29, 1.82) is 0 Å². The van der Waals surface area contributed by atoms with Gasteiger partial charge in [0.15, 0.2) is 5.96 Å². The normalized spacial score (nSPS) is 15.9. The Kier molecular flexibility index (Phi) is 8.48. The number of benzene rings is 2. The van der Waals surface area contributed by atoms with E-state index in [9.17, 15) is 4.79 Å². The first-order valence-corrected chi connectivity index (χ1v) is 10.5. The third-order valence-corrected chi connectivity index (χ3v) is 4.88. The second-order valence-electron chi connectivity index (χ2n) is 7.18. The molecule has 0 bridgehead atoms. The topological polar surface area (TPSA) is 84.0 Å². The quantitative estimate of drug-likeness (QED) is 0.328. The number of anilines is 1. The van der Waals surface area contributed by atoms with Gasteiger partial charge < -0.3 is 25.4 Å². The molecule has 1 saturated heterocycles. The van der Waals surface area contributed by atoms with Gasteiger partial charge in [-0.05, 0) is 36.6 Å². The number of guanidine groups is 1. The molecular formula is C24H30N4O3. The Bertz CT molecular complexity index is 907. The predicted molar refractivity (Wildman–Crippen MR) is 123 cm³/mol. The lowest BCUT2D eigenvalue weighted by atomic mass is 10.2. The predicted octanol–water partition coefficient (Wildman–Crippen LogP) is 3.23. The van der Waals surface area contributed by atoms with E-state index in [4.69, 9.17) is 9.47 Å². The highest BCUT2D eigenvalue weighted by atomic mass is 16.5. The lowest BCUT2D eigenvalue weighted by Crippen LogP contribution is -2.36. The van der Waals surface area contributed by atoms with Crippen LogP contribution in [-0.2, 0) is 22.6 Å². The molecule has 0 radical (unpaired) electrons. The van der Waals surface area contributed by atoms with Crippen LogP contribution in [0.3, 0.4) is 0 Å². The smallest absolute Gasteiger partial charge is 0.253 e. The molecule has 0 saturated carbocycles. The van der Waals surface area contributed by atoms with E-state index < -0.39 is 0 Å². The Morgan fingerprint density at radius 2 is 2.06 bits per heavy atom. The fourth-order valence-electron chi connectivity index (χ4n) is 3.29. The second kappa shape index (κ2) is 11.8. The summed E-state index contributed by atoms with van der Waals surface area (Å²) < 4.78 is 11.1. The summed E-state index contributed by atoms with van der Waals surface area (Å²) in [6, 6.07) is 15.6. The van der Waals surface area contributed by atoms with Gasteiger partial charge in [0.05, 0.1) is 0 Å². The molecule has 1 aliphatic rings. The third kappa shape index (κ3) is 6.86. The molecule has 1 aliphatic heterocycles. The van der Waals surface area contributed by atoms with Crippen LogP contribution in [0, 0.1) is 0 Å². The van der Waals surface area contributed by atoms with E-state index in [1.54, 1.807) is 13.1 Å². The Hall–Kier alpha value is -3.32. The number of carbonyl (C=O) groups excluding carboxylic acids is 1. The minimum Gasteiger partial charge on any atom is -0.489 e. The molecule has 7 heteroatoms. The number of ether oxygens (including phenoxy) is 2. The summed E-state index contributed by atoms with van der Waals surface area (Å²) in [4.78, 5) is 16.5. The van der Waals surface area contributed by atoms with Crippen molar-refractivity contribution in [1.82, 2.24) is 10.6 Å². The zero-order chi connectivity index (χ0) is 21.9. The van der Waals surface area contributed by atoms with Crippen LogP contribution >= 0.6 is 0 Å². The Balaban J connectivity index is 1.52. The summed E-state index contributed by atoms with van der Waals surface area (Å²) in [5.74, 6) is 1.41. The molecule has 3 N–H and O–H groups in total. The maximum absolute atomic E-state index is 12.3. The van der Waals surface area contributed by atoms with Gasteiger partial charge in [-0.1, -0.05) is 43.0 Å². The fourth-order valence-corrected chi connectivity index (χ4v) is 3.29. The monoisotopic (exact) mass is 422 g/mol. The van der Waals surface area contributed by atoms with Crippen LogP contribution in [0.25, 0.3) is 0 Å². The van der Waals surface area contributed by atoms with E-state index in [0.29, 0.717) is 32.3 Å². The molecule has 2 aromatic carbocycles. The van der Waals surface area contributed by atoms with E-state index in [1.807, 2.05) is 48.5 Å². The highest BCUT2D eigenvalue weighted by Crippen LogP contribution is 2.18. The van der Waals surface area contributed by atoms with Crippen LogP contribution in [0.2, 0.25) is 0 Å². The minimum atomic E-state index is -0.344. The first kappa shape index (κ1) is 22.4. The molecule has 1 atom stereocenters. The number of carbonyl (C=O) groups is 1. The molecule has 164 valence electrons. The van der Waals surface area contributed by atoms with Gasteiger partial charge in [0.2, 0.25) is 0 Å². The van der Waals surface area contributed by atoms with Crippen molar-refractivity contribution in [3.05, 3.63) is 72.3 Å². The van der Waals surface area contributed by atoms with Crippen LogP contribution in [-0.4, -0.2) is 38.2 Å². The molecule has 1 amide bonds. The SMILES string of the molecule is C=CCOc1ccccc1CNC(=NC)NCc1cccc(NC(=O)C2CCCO2)c1. The van der Waals surface area contributed by atoms with Gasteiger partial charge in [0, 0.05) is 38.0 Å². The van der Waals surface area contributed by atoms with E-state index in [-0.39, 0.29) is 12.0 Å². The molecule has 7 nitrogen and oxygen atoms in total. The molecule has 3 rings (SSSR count). The summed E-state index contributed by atoms with van der Waals surface area (Å²) >= 11 is 0. The second-order valence-corrected chi connectivity index (χ2v) is 7.18. The van der Waals surface area contributed by atoms with E-state index in [2.05, 4.69) is 27.5 Å². The van der Waals surface area contributed by atoms with Crippen molar-refractivity contribution < 1.29 is 14.3 Å². The van der Waals surface area contributed by atoms with Crippen LogP contribution in [0.1, 0.15) is 24.0 Å². The maximum atomic E-state index is 12.3. The van der Waals surface area contributed by atoms with Gasteiger partial charge in [-0.2, -0.15) is 0 Å². The van der Waals surface area contributed by atoms with Crippen LogP contribution in [0.15, 0.2) is 66.2 Å². The number of nitrogens with zero attached hydrogens (tertiary/aromatic N) is 1. The van der Waals surface area contributed by atoms with Gasteiger partial charge >= 0.3 is 0 Å².